The van der Waals surface area contributed by atoms with Crippen molar-refractivity contribution in [3.05, 3.63) is 47.5 Å². The zero-order chi connectivity index (χ0) is 19.1. The van der Waals surface area contributed by atoms with Gasteiger partial charge in [-0.1, -0.05) is 12.1 Å². The molecular formula is C18H21N3O5. The molecule has 0 saturated heterocycles. The van der Waals surface area contributed by atoms with Gasteiger partial charge in [-0.05, 0) is 24.3 Å². The van der Waals surface area contributed by atoms with E-state index in [1.807, 2.05) is 0 Å². The summed E-state index contributed by atoms with van der Waals surface area (Å²) < 4.78 is 15.6. The third kappa shape index (κ3) is 3.97. The molecule has 0 fully saturated rings. The van der Waals surface area contributed by atoms with Crippen molar-refractivity contribution in [1.29, 1.82) is 0 Å². The van der Waals surface area contributed by atoms with Gasteiger partial charge in [-0.15, -0.1) is 0 Å². The van der Waals surface area contributed by atoms with E-state index in [9.17, 15) is 9.59 Å². The Morgan fingerprint density at radius 1 is 0.846 bits per heavy atom. The molecule has 0 radical (unpaired) electrons. The largest absolute Gasteiger partial charge is 0.493 e. The van der Waals surface area contributed by atoms with Crippen LogP contribution in [0, 0.1) is 0 Å². The lowest BCUT2D eigenvalue weighted by Gasteiger charge is -2.14. The van der Waals surface area contributed by atoms with Crippen molar-refractivity contribution in [2.24, 2.45) is 0 Å². The maximum Gasteiger partial charge on any atom is 0.271 e. The minimum Gasteiger partial charge on any atom is -0.493 e. The van der Waals surface area contributed by atoms with Gasteiger partial charge < -0.3 is 19.5 Å². The van der Waals surface area contributed by atoms with Gasteiger partial charge in [0.1, 0.15) is 0 Å². The summed E-state index contributed by atoms with van der Waals surface area (Å²) in [6, 6.07) is 9.92. The number of hydrogen-bond acceptors (Lipinski definition) is 6. The van der Waals surface area contributed by atoms with Gasteiger partial charge in [-0.3, -0.25) is 20.4 Å². The third-order valence-corrected chi connectivity index (χ3v) is 3.66. The number of hydrogen-bond donors (Lipinski definition) is 3. The summed E-state index contributed by atoms with van der Waals surface area (Å²) in [7, 11) is 6.09. The molecule has 0 aliphatic heterocycles. The SMILES string of the molecule is CNc1ccccc1C(=O)NNC(=O)c1cc(OC)c(OC)c(OC)c1. The summed E-state index contributed by atoms with van der Waals surface area (Å²) in [4.78, 5) is 24.6. The standard InChI is InChI=1S/C18H21N3O5/c1-19-13-8-6-5-7-12(13)18(23)21-20-17(22)11-9-14(24-2)16(26-4)15(10-11)25-3/h5-10,19H,1-4H3,(H,20,22)(H,21,23). The van der Waals surface area contributed by atoms with Crippen LogP contribution in [-0.2, 0) is 0 Å². The molecular weight excluding hydrogens is 338 g/mol. The first kappa shape index (κ1) is 18.9. The molecule has 3 N–H and O–H groups in total. The molecule has 2 aromatic carbocycles. The van der Waals surface area contributed by atoms with Crippen LogP contribution in [0.4, 0.5) is 5.69 Å². The molecule has 8 nitrogen and oxygen atoms in total. The van der Waals surface area contributed by atoms with Crippen molar-refractivity contribution < 1.29 is 23.8 Å². The monoisotopic (exact) mass is 359 g/mol. The smallest absolute Gasteiger partial charge is 0.271 e. The Bertz CT molecular complexity index is 782. The van der Waals surface area contributed by atoms with Crippen LogP contribution in [0.2, 0.25) is 0 Å². The Hall–Kier alpha value is -3.42. The average molecular weight is 359 g/mol. The summed E-state index contributed by atoms with van der Waals surface area (Å²) in [5.74, 6) is 0.0709. The van der Waals surface area contributed by atoms with E-state index in [1.54, 1.807) is 31.3 Å². The first-order chi connectivity index (χ1) is 12.5. The van der Waals surface area contributed by atoms with Gasteiger partial charge in [0.2, 0.25) is 5.75 Å². The first-order valence-electron chi connectivity index (χ1n) is 7.73. The molecule has 0 aromatic heterocycles. The van der Waals surface area contributed by atoms with Crippen LogP contribution in [-0.4, -0.2) is 40.2 Å². The van der Waals surface area contributed by atoms with E-state index >= 15 is 0 Å². The Morgan fingerprint density at radius 3 is 1.96 bits per heavy atom. The Morgan fingerprint density at radius 2 is 1.42 bits per heavy atom. The topological polar surface area (TPSA) is 97.9 Å². The molecule has 8 heteroatoms. The minimum atomic E-state index is -0.528. The maximum absolute atomic E-state index is 12.4. The van der Waals surface area contributed by atoms with Crippen LogP contribution in [0.1, 0.15) is 20.7 Å². The highest BCUT2D eigenvalue weighted by Gasteiger charge is 2.18. The molecule has 2 rings (SSSR count). The second-order valence-corrected chi connectivity index (χ2v) is 5.12. The molecule has 138 valence electrons. The Labute approximate surface area is 151 Å². The summed E-state index contributed by atoms with van der Waals surface area (Å²) in [6.45, 7) is 0. The molecule has 0 saturated carbocycles. The molecule has 0 unspecified atom stereocenters. The van der Waals surface area contributed by atoms with E-state index in [0.717, 1.165) is 0 Å². The molecule has 0 atom stereocenters. The molecule has 0 aliphatic carbocycles. The lowest BCUT2D eigenvalue weighted by molar-refractivity contribution is 0.0846. The maximum atomic E-state index is 12.4. The van der Waals surface area contributed by atoms with E-state index in [0.29, 0.717) is 28.5 Å². The van der Waals surface area contributed by atoms with Crippen molar-refractivity contribution in [3.63, 3.8) is 0 Å². The molecule has 0 heterocycles. The van der Waals surface area contributed by atoms with Gasteiger partial charge in [0.05, 0.1) is 26.9 Å². The van der Waals surface area contributed by atoms with E-state index in [1.165, 1.54) is 33.5 Å². The summed E-state index contributed by atoms with van der Waals surface area (Å²) >= 11 is 0. The van der Waals surface area contributed by atoms with Gasteiger partial charge in [0.15, 0.2) is 11.5 Å². The molecule has 0 bridgehead atoms. The minimum absolute atomic E-state index is 0.238. The van der Waals surface area contributed by atoms with E-state index in [4.69, 9.17) is 14.2 Å². The molecule has 2 amide bonds. The Kier molecular flexibility index (Phi) is 6.26. The number of nitrogens with one attached hydrogen (secondary N) is 3. The van der Waals surface area contributed by atoms with Crippen molar-refractivity contribution in [3.8, 4) is 17.2 Å². The zero-order valence-electron chi connectivity index (χ0n) is 15.0. The van der Waals surface area contributed by atoms with Gasteiger partial charge in [-0.25, -0.2) is 0 Å². The number of amides is 2. The molecule has 2 aromatic rings. The quantitative estimate of drug-likeness (QED) is 0.681. The van der Waals surface area contributed by atoms with Crippen LogP contribution in [0.5, 0.6) is 17.2 Å². The first-order valence-corrected chi connectivity index (χ1v) is 7.73. The van der Waals surface area contributed by atoms with Gasteiger partial charge in [-0.2, -0.15) is 0 Å². The fourth-order valence-electron chi connectivity index (χ4n) is 2.36. The van der Waals surface area contributed by atoms with Crippen molar-refractivity contribution in [1.82, 2.24) is 10.9 Å². The van der Waals surface area contributed by atoms with Gasteiger partial charge in [0, 0.05) is 18.3 Å². The average Bonchev–Trinajstić information content (AvgIpc) is 2.70. The van der Waals surface area contributed by atoms with Crippen LogP contribution in [0.15, 0.2) is 36.4 Å². The van der Waals surface area contributed by atoms with Gasteiger partial charge in [0.25, 0.3) is 11.8 Å². The molecule has 26 heavy (non-hydrogen) atoms. The second-order valence-electron chi connectivity index (χ2n) is 5.12. The van der Waals surface area contributed by atoms with E-state index < -0.39 is 11.8 Å². The number of rotatable bonds is 6. The fraction of sp³-hybridized carbons (Fsp3) is 0.222. The third-order valence-electron chi connectivity index (χ3n) is 3.66. The number of carbonyl (C=O) groups is 2. The number of ether oxygens (including phenoxy) is 3. The number of hydrazine groups is 1. The predicted molar refractivity (Wildman–Crippen MR) is 97.0 cm³/mol. The van der Waals surface area contributed by atoms with Crippen molar-refractivity contribution in [2.75, 3.05) is 33.7 Å². The van der Waals surface area contributed by atoms with Crippen LogP contribution in [0.25, 0.3) is 0 Å². The fourth-order valence-corrected chi connectivity index (χ4v) is 2.36. The zero-order valence-corrected chi connectivity index (χ0v) is 15.0. The van der Waals surface area contributed by atoms with Crippen LogP contribution >= 0.6 is 0 Å². The highest BCUT2D eigenvalue weighted by Crippen LogP contribution is 2.38. The number of anilines is 1. The van der Waals surface area contributed by atoms with Crippen molar-refractivity contribution in [2.45, 2.75) is 0 Å². The second kappa shape index (κ2) is 8.61. The van der Waals surface area contributed by atoms with E-state index in [-0.39, 0.29) is 5.56 Å². The van der Waals surface area contributed by atoms with Crippen LogP contribution in [0.3, 0.4) is 0 Å². The number of benzene rings is 2. The summed E-state index contributed by atoms with van der Waals surface area (Å²) in [6.07, 6.45) is 0. The predicted octanol–water partition coefficient (Wildman–Crippen LogP) is 1.83. The molecule has 0 aliphatic rings. The number of methoxy groups -OCH3 is 3. The number of carbonyl (C=O) groups excluding carboxylic acids is 2. The van der Waals surface area contributed by atoms with Crippen LogP contribution < -0.4 is 30.4 Å². The van der Waals surface area contributed by atoms with E-state index in [2.05, 4.69) is 16.2 Å². The Balaban J connectivity index is 2.16. The van der Waals surface area contributed by atoms with Gasteiger partial charge >= 0.3 is 0 Å². The lowest BCUT2D eigenvalue weighted by atomic mass is 10.1. The highest BCUT2D eigenvalue weighted by molar-refractivity contribution is 6.02. The summed E-state index contributed by atoms with van der Waals surface area (Å²) in [5.41, 5.74) is 6.04. The normalized spacial score (nSPS) is 9.85. The lowest BCUT2D eigenvalue weighted by Crippen LogP contribution is -2.41. The summed E-state index contributed by atoms with van der Waals surface area (Å²) in [5, 5.41) is 2.92. The molecule has 0 spiro atoms. The van der Waals surface area contributed by atoms with Crippen molar-refractivity contribution >= 4 is 17.5 Å². The highest BCUT2D eigenvalue weighted by atomic mass is 16.5. The number of para-hydroxylation sites is 1.